The van der Waals surface area contributed by atoms with Crippen LogP contribution < -0.4 is 16.8 Å². The molecule has 3 aromatic rings. The molecule has 6 rings (SSSR count). The summed E-state index contributed by atoms with van der Waals surface area (Å²) in [5.74, 6) is -0.306. The first kappa shape index (κ1) is 24.7. The van der Waals surface area contributed by atoms with E-state index in [0.29, 0.717) is 42.3 Å². The van der Waals surface area contributed by atoms with E-state index in [4.69, 9.17) is 11.5 Å². The van der Waals surface area contributed by atoms with Crippen LogP contribution >= 0.6 is 0 Å². The molecule has 3 atom stereocenters. The highest BCUT2D eigenvalue weighted by molar-refractivity contribution is 5.94. The smallest absolute Gasteiger partial charge is 0.248 e. The first-order valence-corrected chi connectivity index (χ1v) is 12.9. The number of likely N-dealkylation sites (tertiary alicyclic amines) is 1. The van der Waals surface area contributed by atoms with Gasteiger partial charge >= 0.3 is 0 Å². The molecule has 1 aliphatic heterocycles. The molecule has 39 heavy (non-hydrogen) atoms. The van der Waals surface area contributed by atoms with Crippen LogP contribution in [0.4, 0.5) is 0 Å². The number of carbonyl (C=O) groups is 3. The number of nitriles is 1. The molecule has 2 aromatic carbocycles. The predicted octanol–water partition coefficient (Wildman–Crippen LogP) is 0.129. The van der Waals surface area contributed by atoms with E-state index >= 15 is 0 Å². The minimum Gasteiger partial charge on any atom is -0.366 e. The summed E-state index contributed by atoms with van der Waals surface area (Å²) < 4.78 is 0. The Labute approximate surface area is 223 Å². The lowest BCUT2D eigenvalue weighted by Crippen LogP contribution is -2.44. The number of amides is 3. The number of benzene rings is 2. The molecule has 1 saturated heterocycles. The molecular formula is C27H27N9O3. The first-order chi connectivity index (χ1) is 18.8. The van der Waals surface area contributed by atoms with Crippen molar-refractivity contribution in [1.82, 2.24) is 30.8 Å². The Hall–Kier alpha value is -4.63. The summed E-state index contributed by atoms with van der Waals surface area (Å²) in [6, 6.07) is 12.7. The Morgan fingerprint density at radius 3 is 2.31 bits per heavy atom. The molecule has 1 aromatic heterocycles. The third-order valence-corrected chi connectivity index (χ3v) is 8.30. The number of primary amides is 2. The normalized spacial score (nSPS) is 21.8. The molecule has 0 radical (unpaired) electrons. The number of aromatic nitrogens is 4. The number of rotatable bonds is 8. The van der Waals surface area contributed by atoms with Crippen molar-refractivity contribution in [3.63, 3.8) is 0 Å². The lowest BCUT2D eigenvalue weighted by Gasteiger charge is -2.39. The average Bonchev–Trinajstić information content (AvgIpc) is 3.30. The molecule has 2 fully saturated rings. The summed E-state index contributed by atoms with van der Waals surface area (Å²) in [7, 11) is 0. The van der Waals surface area contributed by atoms with Crippen LogP contribution in [0.2, 0.25) is 0 Å². The number of tetrazole rings is 1. The van der Waals surface area contributed by atoms with Crippen molar-refractivity contribution in [3.05, 3.63) is 75.6 Å². The maximum Gasteiger partial charge on any atom is 0.248 e. The lowest BCUT2D eigenvalue weighted by atomic mass is 9.63. The van der Waals surface area contributed by atoms with Gasteiger partial charge in [0.2, 0.25) is 17.7 Å². The third kappa shape index (κ3) is 4.02. The fourth-order valence-corrected chi connectivity index (χ4v) is 6.43. The van der Waals surface area contributed by atoms with Gasteiger partial charge in [0.15, 0.2) is 5.82 Å². The largest absolute Gasteiger partial charge is 0.366 e. The summed E-state index contributed by atoms with van der Waals surface area (Å²) in [5, 5.41) is 27.8. The minimum atomic E-state index is -0.900. The SMILES string of the molecule is N#CC1C[C@@H]2C[C@@H]2N1C(=O)CNCCC1(c2nn[nH]n2)c2ccc(C(N)=O)cc2Cc2cc(C(N)=O)ccc21. The van der Waals surface area contributed by atoms with E-state index in [0.717, 1.165) is 35.1 Å². The van der Waals surface area contributed by atoms with E-state index in [2.05, 4.69) is 32.0 Å². The average molecular weight is 526 g/mol. The van der Waals surface area contributed by atoms with Gasteiger partial charge in [-0.25, -0.2) is 0 Å². The fourth-order valence-electron chi connectivity index (χ4n) is 6.43. The number of H-pyrrole nitrogens is 1. The second-order valence-electron chi connectivity index (χ2n) is 10.5. The van der Waals surface area contributed by atoms with Gasteiger partial charge in [0.25, 0.3) is 0 Å². The molecule has 0 bridgehead atoms. The van der Waals surface area contributed by atoms with Crippen LogP contribution in [0.3, 0.4) is 0 Å². The number of hydrogen-bond donors (Lipinski definition) is 4. The monoisotopic (exact) mass is 525 g/mol. The lowest BCUT2D eigenvalue weighted by molar-refractivity contribution is -0.131. The van der Waals surface area contributed by atoms with E-state index in [1.807, 2.05) is 12.1 Å². The Kier molecular flexibility index (Phi) is 5.88. The van der Waals surface area contributed by atoms with Gasteiger partial charge in [0.05, 0.1) is 18.0 Å². The van der Waals surface area contributed by atoms with E-state index in [1.165, 1.54) is 0 Å². The minimum absolute atomic E-state index is 0.0817. The highest BCUT2D eigenvalue weighted by atomic mass is 16.2. The van der Waals surface area contributed by atoms with Crippen molar-refractivity contribution < 1.29 is 14.4 Å². The summed E-state index contributed by atoms with van der Waals surface area (Å²) in [4.78, 5) is 38.7. The quantitative estimate of drug-likeness (QED) is 0.298. The number of nitrogens with two attached hydrogens (primary N) is 2. The molecule has 3 aliphatic rings. The van der Waals surface area contributed by atoms with Gasteiger partial charge in [0, 0.05) is 17.2 Å². The zero-order chi connectivity index (χ0) is 27.3. The van der Waals surface area contributed by atoms with Crippen LogP contribution in [-0.4, -0.2) is 68.4 Å². The van der Waals surface area contributed by atoms with Gasteiger partial charge in [0.1, 0.15) is 6.04 Å². The van der Waals surface area contributed by atoms with Crippen LogP contribution in [0, 0.1) is 17.2 Å². The molecule has 2 aliphatic carbocycles. The first-order valence-electron chi connectivity index (χ1n) is 12.9. The maximum atomic E-state index is 13.0. The van der Waals surface area contributed by atoms with E-state index in [-0.39, 0.29) is 24.5 Å². The standard InChI is InChI=1S/C27H27N9O3/c28-12-19-10-18-11-22(18)36(19)23(37)13-31-6-5-27(26-32-34-35-33-26)20-3-1-14(24(29)38)7-16(20)9-17-8-15(25(30)39)2-4-21(17)27/h1-4,7-8,18-19,22,31H,5-6,9-11,13H2,(H2,29,38)(H2,30,39)(H,32,33,34,35)/t18-,19?,22+/m1/s1. The van der Waals surface area contributed by atoms with Gasteiger partial charge in [-0.3, -0.25) is 14.4 Å². The van der Waals surface area contributed by atoms with Crippen LogP contribution in [0.25, 0.3) is 0 Å². The van der Waals surface area contributed by atoms with Crippen LogP contribution in [0.5, 0.6) is 0 Å². The van der Waals surface area contributed by atoms with Crippen molar-refractivity contribution in [2.75, 3.05) is 13.1 Å². The number of hydrogen-bond acceptors (Lipinski definition) is 8. The molecule has 198 valence electrons. The van der Waals surface area contributed by atoms with Crippen molar-refractivity contribution in [1.29, 1.82) is 5.26 Å². The van der Waals surface area contributed by atoms with Gasteiger partial charge < -0.3 is 21.7 Å². The number of carbonyl (C=O) groups excluding carboxylic acids is 3. The van der Waals surface area contributed by atoms with E-state index < -0.39 is 17.2 Å². The molecule has 3 amide bonds. The molecule has 6 N–H and O–H groups in total. The molecule has 0 spiro atoms. The molecule has 2 heterocycles. The third-order valence-electron chi connectivity index (χ3n) is 8.30. The van der Waals surface area contributed by atoms with Gasteiger partial charge in [-0.1, -0.05) is 17.3 Å². The Balaban J connectivity index is 1.35. The summed E-state index contributed by atoms with van der Waals surface area (Å²) >= 11 is 0. The maximum absolute atomic E-state index is 13.0. The number of fused-ring (bicyclic) bond motifs is 3. The van der Waals surface area contributed by atoms with Gasteiger partial charge in [-0.15, -0.1) is 10.2 Å². The topological polar surface area (TPSA) is 197 Å². The number of piperidine rings is 1. The van der Waals surface area contributed by atoms with Gasteiger partial charge in [-0.05, 0) is 84.7 Å². The molecule has 12 heteroatoms. The van der Waals surface area contributed by atoms with Crippen molar-refractivity contribution in [2.45, 2.75) is 43.2 Å². The van der Waals surface area contributed by atoms with Crippen molar-refractivity contribution in [2.24, 2.45) is 17.4 Å². The zero-order valence-electron chi connectivity index (χ0n) is 21.1. The van der Waals surface area contributed by atoms with Crippen molar-refractivity contribution >= 4 is 17.7 Å². The molecule has 12 nitrogen and oxygen atoms in total. The zero-order valence-corrected chi connectivity index (χ0v) is 21.1. The second-order valence-corrected chi connectivity index (χ2v) is 10.5. The highest BCUT2D eigenvalue weighted by Gasteiger charge is 2.54. The Morgan fingerprint density at radius 2 is 1.74 bits per heavy atom. The van der Waals surface area contributed by atoms with Crippen LogP contribution in [-0.2, 0) is 16.6 Å². The fraction of sp³-hybridized carbons (Fsp3) is 0.370. The Bertz CT molecular complexity index is 1460. The van der Waals surface area contributed by atoms with E-state index in [9.17, 15) is 19.6 Å². The summed E-state index contributed by atoms with van der Waals surface area (Å²) in [5.41, 5.74) is 14.4. The second kappa shape index (κ2) is 9.28. The van der Waals surface area contributed by atoms with Crippen molar-refractivity contribution in [3.8, 4) is 6.07 Å². The van der Waals surface area contributed by atoms with Gasteiger partial charge in [-0.2, -0.15) is 10.5 Å². The summed E-state index contributed by atoms with van der Waals surface area (Å²) in [6.45, 7) is 0.512. The molecule has 1 saturated carbocycles. The van der Waals surface area contributed by atoms with Crippen LogP contribution in [0.15, 0.2) is 36.4 Å². The number of nitrogens with one attached hydrogen (secondary N) is 2. The predicted molar refractivity (Wildman–Crippen MR) is 137 cm³/mol. The highest BCUT2D eigenvalue weighted by Crippen LogP contribution is 2.48. The molecular weight excluding hydrogens is 498 g/mol. The number of nitrogens with zero attached hydrogens (tertiary/aromatic N) is 5. The van der Waals surface area contributed by atoms with Crippen LogP contribution in [0.1, 0.15) is 68.1 Å². The van der Waals surface area contributed by atoms with E-state index in [1.54, 1.807) is 29.2 Å². The Morgan fingerprint density at radius 1 is 1.08 bits per heavy atom. The number of aromatic amines is 1. The summed E-state index contributed by atoms with van der Waals surface area (Å²) in [6.07, 6.45) is 2.62. The molecule has 1 unspecified atom stereocenters.